The van der Waals surface area contributed by atoms with E-state index in [-0.39, 0.29) is 24.5 Å². The standard InChI is InChI=1S/C28H34N4O4S2/c1-30(2)25-14-6-9-20-21(25)10-5-12-23(20)28(19-32(18-17-29)37(33)34)38(35,36)27-16-8-11-22-24(27)13-7-15-26(22)31(3)4/h5-16,28H,17-19,29H2,1-4H3,(H,33,34). The SMILES string of the molecule is CN(C)c1cccc2c(C(CN(CCN)S(=O)O)S(=O)(=O)c3cccc4c(N(C)C)cccc34)cccc12. The molecule has 4 rings (SSSR count). The summed E-state index contributed by atoms with van der Waals surface area (Å²) in [7, 11) is 3.65. The van der Waals surface area contributed by atoms with Gasteiger partial charge in [0.2, 0.25) is 11.3 Å². The highest BCUT2D eigenvalue weighted by atomic mass is 32.2. The number of sulfone groups is 1. The zero-order chi connectivity index (χ0) is 27.6. The molecule has 0 aliphatic rings. The zero-order valence-electron chi connectivity index (χ0n) is 22.0. The van der Waals surface area contributed by atoms with Crippen LogP contribution in [0.15, 0.2) is 77.7 Å². The van der Waals surface area contributed by atoms with E-state index in [1.165, 1.54) is 4.31 Å². The Balaban J connectivity index is 2.01. The highest BCUT2D eigenvalue weighted by molar-refractivity contribution is 7.92. The predicted octanol–water partition coefficient (Wildman–Crippen LogP) is 4.04. The van der Waals surface area contributed by atoms with Crippen molar-refractivity contribution in [1.82, 2.24) is 4.31 Å². The zero-order valence-corrected chi connectivity index (χ0v) is 23.7. The molecule has 0 fully saturated rings. The molecule has 0 saturated carbocycles. The molecule has 0 spiro atoms. The van der Waals surface area contributed by atoms with Crippen LogP contribution >= 0.6 is 0 Å². The molecule has 0 aromatic heterocycles. The van der Waals surface area contributed by atoms with Gasteiger partial charge in [-0.05, 0) is 29.1 Å². The predicted molar refractivity (Wildman–Crippen MR) is 158 cm³/mol. The second kappa shape index (κ2) is 11.4. The minimum Gasteiger partial charge on any atom is -0.377 e. The molecule has 4 aromatic carbocycles. The first-order chi connectivity index (χ1) is 18.1. The molecule has 38 heavy (non-hydrogen) atoms. The van der Waals surface area contributed by atoms with Gasteiger partial charge in [0.1, 0.15) is 5.25 Å². The van der Waals surface area contributed by atoms with Crippen LogP contribution in [0.4, 0.5) is 11.4 Å². The van der Waals surface area contributed by atoms with E-state index in [4.69, 9.17) is 5.73 Å². The molecule has 0 bridgehead atoms. The van der Waals surface area contributed by atoms with Crippen molar-refractivity contribution in [3.8, 4) is 0 Å². The molecule has 0 aliphatic heterocycles. The fourth-order valence-electron chi connectivity index (χ4n) is 4.97. The van der Waals surface area contributed by atoms with Crippen LogP contribution in [-0.4, -0.2) is 69.3 Å². The molecule has 0 aliphatic carbocycles. The molecular formula is C28H34N4O4S2. The minimum atomic E-state index is -4.05. The van der Waals surface area contributed by atoms with Gasteiger partial charge in [0.05, 0.1) is 4.90 Å². The number of fused-ring (bicyclic) bond motifs is 2. The fraction of sp³-hybridized carbons (Fsp3) is 0.286. The second-order valence-electron chi connectivity index (χ2n) is 9.58. The largest absolute Gasteiger partial charge is 0.377 e. The van der Waals surface area contributed by atoms with Crippen LogP contribution in [-0.2, 0) is 21.1 Å². The Labute approximate surface area is 227 Å². The Kier molecular flexibility index (Phi) is 8.39. The molecule has 3 N–H and O–H groups in total. The second-order valence-corrected chi connectivity index (χ2v) is 12.7. The van der Waals surface area contributed by atoms with E-state index >= 15 is 0 Å². The average molecular weight is 555 g/mol. The quantitative estimate of drug-likeness (QED) is 0.285. The van der Waals surface area contributed by atoms with Crippen LogP contribution in [0.3, 0.4) is 0 Å². The van der Waals surface area contributed by atoms with E-state index in [1.807, 2.05) is 86.5 Å². The molecule has 202 valence electrons. The fourth-order valence-corrected chi connectivity index (χ4v) is 7.58. The van der Waals surface area contributed by atoms with Gasteiger partial charge < -0.3 is 15.5 Å². The van der Waals surface area contributed by atoms with E-state index < -0.39 is 26.4 Å². The summed E-state index contributed by atoms with van der Waals surface area (Å²) in [6.45, 7) is -0.0132. The van der Waals surface area contributed by atoms with E-state index in [0.29, 0.717) is 10.9 Å². The number of nitrogens with zero attached hydrogens (tertiary/aromatic N) is 3. The lowest BCUT2D eigenvalue weighted by atomic mass is 10.00. The monoisotopic (exact) mass is 554 g/mol. The summed E-state index contributed by atoms with van der Waals surface area (Å²) >= 11 is -2.40. The molecule has 0 radical (unpaired) electrons. The van der Waals surface area contributed by atoms with E-state index in [9.17, 15) is 17.2 Å². The van der Waals surface area contributed by atoms with Crippen LogP contribution in [0.2, 0.25) is 0 Å². The van der Waals surface area contributed by atoms with E-state index in [0.717, 1.165) is 27.5 Å². The molecule has 0 heterocycles. The van der Waals surface area contributed by atoms with Gasteiger partial charge in [-0.25, -0.2) is 12.6 Å². The van der Waals surface area contributed by atoms with Gasteiger partial charge in [-0.3, -0.25) is 4.55 Å². The summed E-state index contributed by atoms with van der Waals surface area (Å²) in [6, 6.07) is 22.2. The highest BCUT2D eigenvalue weighted by Crippen LogP contribution is 2.40. The third-order valence-electron chi connectivity index (χ3n) is 6.75. The van der Waals surface area contributed by atoms with E-state index in [2.05, 4.69) is 0 Å². The van der Waals surface area contributed by atoms with Crippen molar-refractivity contribution >= 4 is 54.0 Å². The number of hydrogen-bond acceptors (Lipinski definition) is 6. The smallest absolute Gasteiger partial charge is 0.234 e. The number of anilines is 2. The van der Waals surface area contributed by atoms with Gasteiger partial charge in [-0.15, -0.1) is 0 Å². The molecule has 2 atom stereocenters. The minimum absolute atomic E-state index is 0.0726. The molecule has 4 aromatic rings. The lowest BCUT2D eigenvalue weighted by Gasteiger charge is -2.27. The lowest BCUT2D eigenvalue weighted by Crippen LogP contribution is -2.36. The van der Waals surface area contributed by atoms with Gasteiger partial charge in [0.15, 0.2) is 9.84 Å². The number of nitrogens with two attached hydrogens (primary N) is 1. The first kappa shape index (κ1) is 28.0. The molecule has 8 nitrogen and oxygen atoms in total. The molecular weight excluding hydrogens is 520 g/mol. The Morgan fingerprint density at radius 3 is 1.84 bits per heavy atom. The van der Waals surface area contributed by atoms with Crippen LogP contribution in [0.25, 0.3) is 21.5 Å². The van der Waals surface area contributed by atoms with Gasteiger partial charge in [-0.1, -0.05) is 54.6 Å². The molecule has 10 heteroatoms. The summed E-state index contributed by atoms with van der Waals surface area (Å²) in [4.78, 5) is 4.11. The molecule has 0 saturated heterocycles. The maximum absolute atomic E-state index is 14.6. The normalized spacial score (nSPS) is 13.7. The van der Waals surface area contributed by atoms with Gasteiger partial charge in [0, 0.05) is 75.4 Å². The number of hydrogen-bond donors (Lipinski definition) is 2. The first-order valence-corrected chi connectivity index (χ1v) is 14.9. The van der Waals surface area contributed by atoms with Gasteiger partial charge >= 0.3 is 0 Å². The summed E-state index contributed by atoms with van der Waals surface area (Å²) in [5, 5.41) is 1.97. The van der Waals surface area contributed by atoms with Crippen molar-refractivity contribution in [3.63, 3.8) is 0 Å². The summed E-state index contributed by atoms with van der Waals surface area (Å²) in [6.07, 6.45) is 0. The van der Waals surface area contributed by atoms with Crippen LogP contribution in [0.1, 0.15) is 10.8 Å². The summed E-state index contributed by atoms with van der Waals surface area (Å²) in [5.74, 6) is 0. The Morgan fingerprint density at radius 1 is 0.789 bits per heavy atom. The van der Waals surface area contributed by atoms with Crippen molar-refractivity contribution in [2.75, 3.05) is 57.6 Å². The van der Waals surface area contributed by atoms with Crippen LogP contribution < -0.4 is 15.5 Å². The Bertz CT molecular complexity index is 1590. The van der Waals surface area contributed by atoms with Crippen molar-refractivity contribution in [2.24, 2.45) is 5.73 Å². The molecule has 2 unspecified atom stereocenters. The maximum Gasteiger partial charge on any atom is 0.234 e. The van der Waals surface area contributed by atoms with Crippen molar-refractivity contribution in [2.45, 2.75) is 10.1 Å². The number of rotatable bonds is 10. The van der Waals surface area contributed by atoms with Crippen LogP contribution in [0, 0.1) is 0 Å². The third-order valence-corrected chi connectivity index (χ3v) is 9.65. The van der Waals surface area contributed by atoms with Crippen molar-refractivity contribution in [3.05, 3.63) is 78.4 Å². The van der Waals surface area contributed by atoms with E-state index in [1.54, 1.807) is 24.3 Å². The average Bonchev–Trinajstić information content (AvgIpc) is 2.89. The maximum atomic E-state index is 14.6. The van der Waals surface area contributed by atoms with Crippen LogP contribution in [0.5, 0.6) is 0 Å². The van der Waals surface area contributed by atoms with Crippen molar-refractivity contribution in [1.29, 1.82) is 0 Å². The Morgan fingerprint density at radius 2 is 1.29 bits per heavy atom. The summed E-state index contributed by atoms with van der Waals surface area (Å²) in [5.41, 5.74) is 8.14. The first-order valence-electron chi connectivity index (χ1n) is 12.3. The molecule has 0 amide bonds. The topological polar surface area (TPSA) is 107 Å². The van der Waals surface area contributed by atoms with Gasteiger partial charge in [0.25, 0.3) is 0 Å². The van der Waals surface area contributed by atoms with Crippen molar-refractivity contribution < 1.29 is 17.2 Å². The lowest BCUT2D eigenvalue weighted by molar-refractivity contribution is 0.399. The third kappa shape index (κ3) is 5.27. The van der Waals surface area contributed by atoms with Gasteiger partial charge in [-0.2, -0.15) is 4.31 Å². The summed E-state index contributed by atoms with van der Waals surface area (Å²) < 4.78 is 52.6. The Hall–Kier alpha value is -3.02. The highest BCUT2D eigenvalue weighted by Gasteiger charge is 2.35. The number of benzene rings is 4.